The zero-order valence-electron chi connectivity index (χ0n) is 9.77. The lowest BCUT2D eigenvalue weighted by Gasteiger charge is -2.22. The van der Waals surface area contributed by atoms with Gasteiger partial charge in [-0.1, -0.05) is 11.6 Å². The molecule has 5 nitrogen and oxygen atoms in total. The van der Waals surface area contributed by atoms with Gasteiger partial charge in [0.2, 0.25) is 11.8 Å². The molecule has 1 unspecified atom stereocenters. The molecule has 1 atom stereocenters. The first kappa shape index (κ1) is 12.4. The third kappa shape index (κ3) is 2.06. The predicted octanol–water partition coefficient (Wildman–Crippen LogP) is 2.33. The summed E-state index contributed by atoms with van der Waals surface area (Å²) in [5.41, 5.74) is 1.59. The molecule has 7 heteroatoms. The molecule has 1 aliphatic rings. The highest BCUT2D eigenvalue weighted by Crippen LogP contribution is 2.26. The summed E-state index contributed by atoms with van der Waals surface area (Å²) in [6, 6.07) is 4.86. The number of nitrogens with zero attached hydrogens (tertiary/aromatic N) is 1. The lowest BCUT2D eigenvalue weighted by atomic mass is 10.1. The number of imide groups is 1. The summed E-state index contributed by atoms with van der Waals surface area (Å²) in [5.74, 6) is -0.557. The molecule has 2 amide bonds. The number of imidazole rings is 1. The van der Waals surface area contributed by atoms with Gasteiger partial charge in [0.25, 0.3) is 0 Å². The topological polar surface area (TPSA) is 66.9 Å². The normalized spacial score (nSPS) is 19.7. The summed E-state index contributed by atoms with van der Waals surface area (Å²) in [5, 5.41) is 2.93. The van der Waals surface area contributed by atoms with E-state index in [1.807, 2.05) is 6.07 Å². The Hall–Kier alpha value is -1.66. The van der Waals surface area contributed by atoms with Gasteiger partial charge in [0.1, 0.15) is 6.04 Å². The van der Waals surface area contributed by atoms with Crippen LogP contribution in [0.15, 0.2) is 18.2 Å². The van der Waals surface area contributed by atoms with Crippen molar-refractivity contribution in [3.63, 3.8) is 0 Å². The minimum absolute atomic E-state index is 0.240. The molecular weight excluding hydrogens is 286 g/mol. The highest BCUT2D eigenvalue weighted by molar-refractivity contribution is 7.71. The number of benzene rings is 1. The first-order valence-electron chi connectivity index (χ1n) is 5.80. The smallest absolute Gasteiger partial charge is 0.249 e. The van der Waals surface area contributed by atoms with Crippen molar-refractivity contribution in [2.75, 3.05) is 0 Å². The van der Waals surface area contributed by atoms with Crippen molar-refractivity contribution in [1.82, 2.24) is 14.9 Å². The van der Waals surface area contributed by atoms with Crippen LogP contribution in [0.2, 0.25) is 5.02 Å². The van der Waals surface area contributed by atoms with Gasteiger partial charge >= 0.3 is 0 Å². The van der Waals surface area contributed by atoms with Crippen molar-refractivity contribution in [2.45, 2.75) is 18.9 Å². The molecule has 0 bridgehead atoms. The van der Waals surface area contributed by atoms with Crippen LogP contribution in [0.3, 0.4) is 0 Å². The van der Waals surface area contributed by atoms with Crippen molar-refractivity contribution in [2.24, 2.45) is 0 Å². The second-order valence-electron chi connectivity index (χ2n) is 4.43. The van der Waals surface area contributed by atoms with E-state index in [1.54, 1.807) is 16.7 Å². The fourth-order valence-corrected chi connectivity index (χ4v) is 2.85. The standard InChI is InChI=1S/C12H10ClN3O2S/c13-6-1-2-8-7(5-6)14-12(19)16(8)9-3-4-10(17)15-11(9)18/h1-2,5,9H,3-4H2,(H,14,19)(H,15,17,18). The summed E-state index contributed by atoms with van der Waals surface area (Å²) < 4.78 is 2.19. The number of hydrogen-bond donors (Lipinski definition) is 2. The highest BCUT2D eigenvalue weighted by atomic mass is 35.5. The second-order valence-corrected chi connectivity index (χ2v) is 5.25. The quantitative estimate of drug-likeness (QED) is 0.627. The third-order valence-electron chi connectivity index (χ3n) is 3.20. The van der Waals surface area contributed by atoms with Crippen LogP contribution in [-0.4, -0.2) is 21.4 Å². The Kier molecular flexibility index (Phi) is 2.91. The molecule has 1 saturated heterocycles. The molecule has 2 N–H and O–H groups in total. The zero-order valence-corrected chi connectivity index (χ0v) is 11.3. The van der Waals surface area contributed by atoms with Gasteiger partial charge in [-0.25, -0.2) is 0 Å². The molecule has 19 heavy (non-hydrogen) atoms. The number of nitrogens with one attached hydrogen (secondary N) is 2. The number of fused-ring (bicyclic) bond motifs is 1. The number of aromatic nitrogens is 2. The van der Waals surface area contributed by atoms with Crippen molar-refractivity contribution in [1.29, 1.82) is 0 Å². The summed E-state index contributed by atoms with van der Waals surface area (Å²) in [7, 11) is 0. The van der Waals surface area contributed by atoms with E-state index in [0.717, 1.165) is 11.0 Å². The second kappa shape index (κ2) is 4.47. The van der Waals surface area contributed by atoms with Crippen LogP contribution in [0.5, 0.6) is 0 Å². The van der Waals surface area contributed by atoms with Crippen LogP contribution >= 0.6 is 23.8 Å². The maximum Gasteiger partial charge on any atom is 0.249 e. The van der Waals surface area contributed by atoms with Gasteiger partial charge in [-0.3, -0.25) is 14.9 Å². The number of rotatable bonds is 1. The predicted molar refractivity (Wildman–Crippen MR) is 73.6 cm³/mol. The van der Waals surface area contributed by atoms with E-state index in [9.17, 15) is 9.59 Å². The lowest BCUT2D eigenvalue weighted by Crippen LogP contribution is -2.41. The van der Waals surface area contributed by atoms with Gasteiger partial charge in [0.15, 0.2) is 4.77 Å². The van der Waals surface area contributed by atoms with Crippen LogP contribution < -0.4 is 5.32 Å². The third-order valence-corrected chi connectivity index (χ3v) is 3.73. The molecule has 2 heterocycles. The average Bonchev–Trinajstić information content (AvgIpc) is 2.65. The molecule has 1 aromatic heterocycles. The van der Waals surface area contributed by atoms with Crippen LogP contribution in [-0.2, 0) is 9.59 Å². The SMILES string of the molecule is O=C1CCC(n2c(=S)[nH]c3cc(Cl)ccc32)C(=O)N1. The Bertz CT molecular complexity index is 749. The van der Waals surface area contributed by atoms with E-state index < -0.39 is 6.04 Å². The molecule has 0 aliphatic carbocycles. The fourth-order valence-electron chi connectivity index (χ4n) is 2.34. The number of aromatic amines is 1. The molecular formula is C12H10ClN3O2S. The average molecular weight is 296 g/mol. The molecule has 2 aromatic rings. The van der Waals surface area contributed by atoms with E-state index in [2.05, 4.69) is 10.3 Å². The number of piperidine rings is 1. The van der Waals surface area contributed by atoms with Gasteiger partial charge < -0.3 is 9.55 Å². The highest BCUT2D eigenvalue weighted by Gasteiger charge is 2.29. The Morgan fingerprint density at radius 2 is 2.16 bits per heavy atom. The zero-order chi connectivity index (χ0) is 13.6. The fraction of sp³-hybridized carbons (Fsp3) is 0.250. The molecule has 0 saturated carbocycles. The van der Waals surface area contributed by atoms with E-state index in [4.69, 9.17) is 23.8 Å². The number of carbonyl (C=O) groups is 2. The van der Waals surface area contributed by atoms with Gasteiger partial charge in [0.05, 0.1) is 11.0 Å². The molecule has 1 fully saturated rings. The minimum atomic E-state index is -0.458. The minimum Gasteiger partial charge on any atom is -0.331 e. The lowest BCUT2D eigenvalue weighted by molar-refractivity contribution is -0.135. The van der Waals surface area contributed by atoms with E-state index >= 15 is 0 Å². The van der Waals surface area contributed by atoms with Crippen LogP contribution in [0.25, 0.3) is 11.0 Å². The molecule has 98 valence electrons. The number of carbonyl (C=O) groups excluding carboxylic acids is 2. The van der Waals surface area contributed by atoms with Crippen molar-refractivity contribution in [3.05, 3.63) is 28.0 Å². The Morgan fingerprint density at radius 1 is 1.37 bits per heavy atom. The van der Waals surface area contributed by atoms with Crippen LogP contribution in [0.4, 0.5) is 0 Å². The molecule has 1 aromatic carbocycles. The Morgan fingerprint density at radius 3 is 2.89 bits per heavy atom. The van der Waals surface area contributed by atoms with Gasteiger partial charge in [-0.05, 0) is 36.8 Å². The first-order valence-corrected chi connectivity index (χ1v) is 6.58. The number of H-pyrrole nitrogens is 1. The van der Waals surface area contributed by atoms with Crippen molar-refractivity contribution in [3.8, 4) is 0 Å². The van der Waals surface area contributed by atoms with E-state index in [1.165, 1.54) is 0 Å². The molecule has 0 spiro atoms. The number of amides is 2. The van der Waals surface area contributed by atoms with Crippen LogP contribution in [0.1, 0.15) is 18.9 Å². The monoisotopic (exact) mass is 295 g/mol. The summed E-state index contributed by atoms with van der Waals surface area (Å²) >= 11 is 11.2. The Balaban J connectivity index is 2.15. The number of halogens is 1. The van der Waals surface area contributed by atoms with Crippen molar-refractivity contribution < 1.29 is 9.59 Å². The summed E-state index contributed by atoms with van der Waals surface area (Å²) in [6.07, 6.45) is 0.771. The maximum atomic E-state index is 11.9. The molecule has 1 aliphatic heterocycles. The van der Waals surface area contributed by atoms with Gasteiger partial charge in [-0.2, -0.15) is 0 Å². The number of hydrogen-bond acceptors (Lipinski definition) is 3. The molecule has 3 rings (SSSR count). The van der Waals surface area contributed by atoms with Crippen LogP contribution in [0, 0.1) is 4.77 Å². The van der Waals surface area contributed by atoms with Gasteiger partial charge in [0, 0.05) is 11.4 Å². The maximum absolute atomic E-state index is 11.9. The summed E-state index contributed by atoms with van der Waals surface area (Å²) in [4.78, 5) is 26.1. The van der Waals surface area contributed by atoms with E-state index in [-0.39, 0.29) is 11.8 Å². The molecule has 0 radical (unpaired) electrons. The van der Waals surface area contributed by atoms with Gasteiger partial charge in [-0.15, -0.1) is 0 Å². The first-order chi connectivity index (χ1) is 9.06. The summed E-state index contributed by atoms with van der Waals surface area (Å²) in [6.45, 7) is 0. The Labute approximate surface area is 118 Å². The van der Waals surface area contributed by atoms with Crippen molar-refractivity contribution >= 4 is 46.7 Å². The van der Waals surface area contributed by atoms with E-state index in [0.29, 0.717) is 22.6 Å². The largest absolute Gasteiger partial charge is 0.331 e.